The molecule has 0 aliphatic carbocycles. The topological polar surface area (TPSA) is 26.0 Å². The van der Waals surface area contributed by atoms with Crippen molar-refractivity contribution in [2.75, 3.05) is 5.73 Å². The van der Waals surface area contributed by atoms with Gasteiger partial charge in [-0.3, -0.25) is 0 Å². The summed E-state index contributed by atoms with van der Waals surface area (Å²) in [5, 5.41) is 0. The molecule has 0 aromatic heterocycles. The average molecular weight is 219 g/mol. The lowest BCUT2D eigenvalue weighted by molar-refractivity contribution is 1.42. The molecule has 2 N–H and O–H groups in total. The van der Waals surface area contributed by atoms with E-state index in [1.807, 2.05) is 36.9 Å². The van der Waals surface area contributed by atoms with E-state index in [4.69, 9.17) is 5.73 Å². The van der Waals surface area contributed by atoms with E-state index in [0.717, 1.165) is 11.4 Å². The third kappa shape index (κ3) is 4.26. The van der Waals surface area contributed by atoms with E-state index < -0.39 is 0 Å². The van der Waals surface area contributed by atoms with Crippen molar-refractivity contribution in [2.24, 2.45) is 0 Å². The summed E-state index contributed by atoms with van der Waals surface area (Å²) in [6, 6.07) is 8.04. The van der Waals surface area contributed by atoms with Crippen molar-refractivity contribution in [3.05, 3.63) is 53.0 Å². The zero-order chi connectivity index (χ0) is 11.1. The highest BCUT2D eigenvalue weighted by molar-refractivity contribution is 8.02. The van der Waals surface area contributed by atoms with Crippen LogP contribution in [0.3, 0.4) is 0 Å². The van der Waals surface area contributed by atoms with Crippen LogP contribution in [-0.2, 0) is 5.75 Å². The second-order valence-electron chi connectivity index (χ2n) is 3.22. The smallest absolute Gasteiger partial charge is 0.0317 e. The molecule has 1 aromatic carbocycles. The van der Waals surface area contributed by atoms with E-state index in [0.29, 0.717) is 0 Å². The maximum absolute atomic E-state index is 5.72. The number of benzene rings is 1. The van der Waals surface area contributed by atoms with Gasteiger partial charge in [0.25, 0.3) is 0 Å². The minimum absolute atomic E-state index is 0.834. The Bertz CT molecular complexity index is 367. The number of anilines is 1. The Hall–Kier alpha value is -1.15. The molecule has 0 heterocycles. The molecule has 2 heteroatoms. The average Bonchev–Trinajstić information content (AvgIpc) is 2.24. The van der Waals surface area contributed by atoms with Gasteiger partial charge >= 0.3 is 0 Å². The van der Waals surface area contributed by atoms with Crippen LogP contribution in [0.2, 0.25) is 0 Å². The summed E-state index contributed by atoms with van der Waals surface area (Å²) in [7, 11) is 0. The Labute approximate surface area is 96.1 Å². The van der Waals surface area contributed by atoms with E-state index in [-0.39, 0.29) is 0 Å². The van der Waals surface area contributed by atoms with Gasteiger partial charge in [0, 0.05) is 16.3 Å². The lowest BCUT2D eigenvalue weighted by Crippen LogP contribution is -1.86. The summed E-state index contributed by atoms with van der Waals surface area (Å²) in [5.74, 6) is 0.967. The molecule has 0 radical (unpaired) electrons. The van der Waals surface area contributed by atoms with Crippen LogP contribution < -0.4 is 5.73 Å². The number of nitrogen functional groups attached to an aromatic ring is 1. The number of nitrogens with two attached hydrogens (primary N) is 1. The van der Waals surface area contributed by atoms with Gasteiger partial charge in [-0.15, -0.1) is 11.8 Å². The Morgan fingerprint density at radius 3 is 2.80 bits per heavy atom. The fourth-order valence-electron chi connectivity index (χ4n) is 1.24. The molecule has 0 aliphatic rings. The third-order valence-corrected chi connectivity index (χ3v) is 3.15. The Kier molecular flexibility index (Phi) is 5.05. The number of hydrogen-bond acceptors (Lipinski definition) is 2. The summed E-state index contributed by atoms with van der Waals surface area (Å²) < 4.78 is 0. The van der Waals surface area contributed by atoms with Gasteiger partial charge in [0.05, 0.1) is 0 Å². The first-order valence-electron chi connectivity index (χ1n) is 5.02. The maximum Gasteiger partial charge on any atom is 0.0317 e. The first kappa shape index (κ1) is 11.9. The minimum atomic E-state index is 0.834. The molecule has 1 aromatic rings. The van der Waals surface area contributed by atoms with Crippen molar-refractivity contribution in [2.45, 2.75) is 19.6 Å². The first-order valence-corrected chi connectivity index (χ1v) is 6.01. The zero-order valence-corrected chi connectivity index (χ0v) is 10.1. The molecule has 15 heavy (non-hydrogen) atoms. The second kappa shape index (κ2) is 6.36. The van der Waals surface area contributed by atoms with Crippen LogP contribution in [-0.4, -0.2) is 0 Å². The van der Waals surface area contributed by atoms with Crippen molar-refractivity contribution in [3.8, 4) is 0 Å². The molecule has 0 fully saturated rings. The van der Waals surface area contributed by atoms with Gasteiger partial charge in [0.15, 0.2) is 0 Å². The molecular formula is C13H17NS. The largest absolute Gasteiger partial charge is 0.399 e. The molecule has 80 valence electrons. The van der Waals surface area contributed by atoms with Crippen LogP contribution in [0.4, 0.5) is 5.69 Å². The zero-order valence-electron chi connectivity index (χ0n) is 9.23. The van der Waals surface area contributed by atoms with Crippen LogP contribution in [0.25, 0.3) is 0 Å². The van der Waals surface area contributed by atoms with Gasteiger partial charge in [-0.25, -0.2) is 0 Å². The van der Waals surface area contributed by atoms with Crippen LogP contribution >= 0.6 is 11.8 Å². The van der Waals surface area contributed by atoms with E-state index in [2.05, 4.69) is 31.2 Å². The predicted octanol–water partition coefficient (Wildman–Crippen LogP) is 3.98. The fourth-order valence-corrected chi connectivity index (χ4v) is 2.15. The highest BCUT2D eigenvalue weighted by atomic mass is 32.2. The van der Waals surface area contributed by atoms with Crippen LogP contribution in [0.1, 0.15) is 19.4 Å². The summed E-state index contributed by atoms with van der Waals surface area (Å²) in [6.45, 7) is 4.09. The highest BCUT2D eigenvalue weighted by Crippen LogP contribution is 2.23. The number of rotatable bonds is 4. The Morgan fingerprint density at radius 2 is 2.20 bits per heavy atom. The summed E-state index contributed by atoms with van der Waals surface area (Å²) >= 11 is 1.83. The monoisotopic (exact) mass is 219 g/mol. The van der Waals surface area contributed by atoms with Crippen molar-refractivity contribution in [1.82, 2.24) is 0 Å². The maximum atomic E-state index is 5.72. The first-order chi connectivity index (χ1) is 7.26. The highest BCUT2D eigenvalue weighted by Gasteiger charge is 1.96. The van der Waals surface area contributed by atoms with Gasteiger partial charge < -0.3 is 5.73 Å². The van der Waals surface area contributed by atoms with Gasteiger partial charge in [-0.1, -0.05) is 30.4 Å². The van der Waals surface area contributed by atoms with Crippen molar-refractivity contribution >= 4 is 17.4 Å². The van der Waals surface area contributed by atoms with Crippen LogP contribution in [0.15, 0.2) is 47.4 Å². The van der Waals surface area contributed by atoms with Gasteiger partial charge in [0.1, 0.15) is 0 Å². The third-order valence-electron chi connectivity index (χ3n) is 1.97. The predicted molar refractivity (Wildman–Crippen MR) is 70.7 cm³/mol. The van der Waals surface area contributed by atoms with E-state index in [9.17, 15) is 0 Å². The molecule has 0 saturated carbocycles. The summed E-state index contributed by atoms with van der Waals surface area (Å²) in [6.07, 6.45) is 6.30. The molecule has 0 bridgehead atoms. The van der Waals surface area contributed by atoms with Gasteiger partial charge in [-0.2, -0.15) is 0 Å². The van der Waals surface area contributed by atoms with Crippen molar-refractivity contribution < 1.29 is 0 Å². The summed E-state index contributed by atoms with van der Waals surface area (Å²) in [4.78, 5) is 1.29. The lowest BCUT2D eigenvalue weighted by atomic mass is 10.2. The van der Waals surface area contributed by atoms with E-state index >= 15 is 0 Å². The minimum Gasteiger partial charge on any atom is -0.399 e. The number of hydrogen-bond donors (Lipinski definition) is 1. The van der Waals surface area contributed by atoms with Crippen LogP contribution in [0, 0.1) is 0 Å². The molecule has 0 atom stereocenters. The molecular weight excluding hydrogens is 202 g/mol. The lowest BCUT2D eigenvalue weighted by Gasteiger charge is -2.03. The quantitative estimate of drug-likeness (QED) is 0.612. The molecule has 0 aliphatic heterocycles. The number of thioether (sulfide) groups is 1. The fraction of sp³-hybridized carbons (Fsp3) is 0.231. The normalized spacial score (nSPS) is 12.3. The molecule has 0 saturated heterocycles. The second-order valence-corrected chi connectivity index (χ2v) is 4.27. The van der Waals surface area contributed by atoms with E-state index in [1.165, 1.54) is 10.5 Å². The Morgan fingerprint density at radius 1 is 1.40 bits per heavy atom. The standard InChI is InChI=1S/C13H17NS/c1-3-6-13(4-2)15-10-11-7-5-8-12(14)9-11/h3-9H,10,14H2,1-2H3/b6-3-,13-4+. The van der Waals surface area contributed by atoms with Crippen molar-refractivity contribution in [3.63, 3.8) is 0 Å². The van der Waals surface area contributed by atoms with Gasteiger partial charge in [0.2, 0.25) is 0 Å². The summed E-state index contributed by atoms with van der Waals surface area (Å²) in [5.41, 5.74) is 7.82. The SMILES string of the molecule is C/C=C\C(=C/C)SCc1cccc(N)c1. The van der Waals surface area contributed by atoms with E-state index in [1.54, 1.807) is 0 Å². The molecule has 0 unspecified atom stereocenters. The molecule has 1 nitrogen and oxygen atoms in total. The van der Waals surface area contributed by atoms with Crippen LogP contribution in [0.5, 0.6) is 0 Å². The Balaban J connectivity index is 2.57. The van der Waals surface area contributed by atoms with Gasteiger partial charge in [-0.05, 0) is 31.5 Å². The molecule has 0 amide bonds. The number of allylic oxidation sites excluding steroid dienone is 3. The molecule has 0 spiro atoms. The van der Waals surface area contributed by atoms with Crippen molar-refractivity contribution in [1.29, 1.82) is 0 Å². The molecule has 1 rings (SSSR count).